The summed E-state index contributed by atoms with van der Waals surface area (Å²) in [5, 5.41) is 2.68. The Morgan fingerprint density at radius 1 is 1.12 bits per heavy atom. The van der Waals surface area contributed by atoms with E-state index >= 15 is 0 Å². The van der Waals surface area contributed by atoms with Gasteiger partial charge in [-0.15, -0.1) is 0 Å². The summed E-state index contributed by atoms with van der Waals surface area (Å²) < 4.78 is 32.6. The van der Waals surface area contributed by atoms with Crippen molar-refractivity contribution in [3.05, 3.63) is 64.9 Å². The number of likely N-dealkylation sites (tertiary alicyclic amines) is 1. The number of benzene rings is 2. The molecule has 1 fully saturated rings. The second-order valence-electron chi connectivity index (χ2n) is 11.6. The number of hydrogen-bond donors (Lipinski definition) is 4. The number of nitrogens with two attached hydrogens (primary N) is 1. The number of ether oxygens (including phenoxy) is 1. The van der Waals surface area contributed by atoms with Gasteiger partial charge in [0.2, 0.25) is 5.79 Å². The van der Waals surface area contributed by atoms with E-state index in [1.807, 2.05) is 19.9 Å². The highest BCUT2D eigenvalue weighted by Gasteiger charge is 2.39. The number of nitrogens with zero attached hydrogens (tertiary/aromatic N) is 3. The predicted molar refractivity (Wildman–Crippen MR) is 164 cm³/mol. The maximum absolute atomic E-state index is 13.1. The molecule has 3 aliphatic rings. The molecule has 0 spiro atoms. The van der Waals surface area contributed by atoms with Crippen LogP contribution in [-0.4, -0.2) is 56.5 Å². The van der Waals surface area contributed by atoms with Crippen molar-refractivity contribution in [2.75, 3.05) is 25.5 Å². The number of fused-ring (bicyclic) bond motifs is 1. The Balaban J connectivity index is 1.60. The summed E-state index contributed by atoms with van der Waals surface area (Å²) in [6.07, 6.45) is 3.81. The van der Waals surface area contributed by atoms with Gasteiger partial charge in [-0.1, -0.05) is 12.1 Å². The zero-order chi connectivity index (χ0) is 29.5. The monoisotopic (exact) mass is 579 g/mol. The molecule has 0 bridgehead atoms. The van der Waals surface area contributed by atoms with Crippen LogP contribution in [0.5, 0.6) is 5.75 Å². The van der Waals surface area contributed by atoms with Gasteiger partial charge in [0.1, 0.15) is 11.6 Å². The standard InChI is InChI=1S/C30H41N7O3S/c1-18(2)40-26-16-22(21-11-13-37(6)14-12-21)20(5)15-24(26)30(31)34-28(23-17-32-36-29(23)35-30)33-25-9-7-8-10-27(25)41(38,39)19(3)4/h7-10,15-19,21H,11-14,31H2,1-6H3,(H,33,34)(H2,32,35,36). The SMILES string of the molecule is Cc1cc(C2(N)N=C3NNC=C3C(Nc3ccccc3S(=O)(=O)C(C)C)=N2)c(OC(C)C)cc1C1CCN(C)CC1. The topological polar surface area (TPSA) is 133 Å². The fourth-order valence-electron chi connectivity index (χ4n) is 5.52. The average Bonchev–Trinajstić information content (AvgIpc) is 3.38. The molecule has 2 aromatic rings. The van der Waals surface area contributed by atoms with Crippen LogP contribution in [0, 0.1) is 6.92 Å². The molecule has 1 saturated heterocycles. The zero-order valence-electron chi connectivity index (χ0n) is 24.7. The molecule has 0 aliphatic carbocycles. The Labute approximate surface area is 243 Å². The molecule has 0 saturated carbocycles. The van der Waals surface area contributed by atoms with Gasteiger partial charge in [0, 0.05) is 6.20 Å². The van der Waals surface area contributed by atoms with Crippen molar-refractivity contribution in [2.24, 2.45) is 15.7 Å². The minimum atomic E-state index is -3.56. The highest BCUT2D eigenvalue weighted by Crippen LogP contribution is 2.40. The van der Waals surface area contributed by atoms with Crippen LogP contribution < -0.4 is 26.6 Å². The number of para-hydroxylation sites is 1. The van der Waals surface area contributed by atoms with Crippen LogP contribution in [0.4, 0.5) is 5.69 Å². The molecule has 3 aliphatic heterocycles. The Kier molecular flexibility index (Phi) is 7.88. The van der Waals surface area contributed by atoms with E-state index in [0.717, 1.165) is 31.5 Å². The lowest BCUT2D eigenvalue weighted by molar-refractivity contribution is 0.232. The number of anilines is 1. The highest BCUT2D eigenvalue weighted by molar-refractivity contribution is 7.92. The lowest BCUT2D eigenvalue weighted by Gasteiger charge is -2.33. The molecule has 3 heterocycles. The van der Waals surface area contributed by atoms with Crippen molar-refractivity contribution < 1.29 is 13.2 Å². The number of hydrazine groups is 1. The van der Waals surface area contributed by atoms with E-state index < -0.39 is 20.9 Å². The van der Waals surface area contributed by atoms with Gasteiger partial charge in [-0.3, -0.25) is 11.2 Å². The fraction of sp³-hybridized carbons (Fsp3) is 0.467. The Bertz CT molecular complexity index is 1520. The summed E-state index contributed by atoms with van der Waals surface area (Å²) in [4.78, 5) is 12.3. The van der Waals surface area contributed by atoms with E-state index in [4.69, 9.17) is 20.5 Å². The summed E-state index contributed by atoms with van der Waals surface area (Å²) in [5.74, 6) is 0.461. The van der Waals surface area contributed by atoms with Crippen molar-refractivity contribution in [2.45, 2.75) is 75.4 Å². The first kappa shape index (κ1) is 29.1. The first-order valence-electron chi connectivity index (χ1n) is 14.2. The van der Waals surface area contributed by atoms with Crippen LogP contribution in [0.1, 0.15) is 63.1 Å². The first-order chi connectivity index (χ1) is 19.4. The molecule has 0 aromatic heterocycles. The summed E-state index contributed by atoms with van der Waals surface area (Å²) in [5.41, 5.74) is 17.1. The third-order valence-electron chi connectivity index (χ3n) is 7.83. The number of aryl methyl sites for hydroxylation is 1. The van der Waals surface area contributed by atoms with Gasteiger partial charge < -0.3 is 20.4 Å². The number of sulfone groups is 1. The van der Waals surface area contributed by atoms with E-state index in [1.54, 1.807) is 44.3 Å². The Hall–Kier alpha value is -3.41. The summed E-state index contributed by atoms with van der Waals surface area (Å²) in [6.45, 7) is 11.5. The highest BCUT2D eigenvalue weighted by atomic mass is 32.2. The van der Waals surface area contributed by atoms with Crippen LogP contribution >= 0.6 is 0 Å². The van der Waals surface area contributed by atoms with Gasteiger partial charge >= 0.3 is 0 Å². The summed E-state index contributed by atoms with van der Waals surface area (Å²) in [7, 11) is -1.40. The Morgan fingerprint density at radius 3 is 2.51 bits per heavy atom. The largest absolute Gasteiger partial charge is 0.490 e. The van der Waals surface area contributed by atoms with Gasteiger partial charge in [0.05, 0.1) is 33.1 Å². The van der Waals surface area contributed by atoms with Crippen LogP contribution in [0.25, 0.3) is 0 Å². The molecule has 10 nitrogen and oxygen atoms in total. The molecule has 5 N–H and O–H groups in total. The van der Waals surface area contributed by atoms with E-state index in [9.17, 15) is 8.42 Å². The molecule has 1 unspecified atom stereocenters. The van der Waals surface area contributed by atoms with Gasteiger partial charge in [0.25, 0.3) is 0 Å². The Morgan fingerprint density at radius 2 is 1.83 bits per heavy atom. The molecule has 5 rings (SSSR count). The van der Waals surface area contributed by atoms with Gasteiger partial charge in [0.15, 0.2) is 15.7 Å². The number of aliphatic imine (C=N–C) groups is 2. The van der Waals surface area contributed by atoms with Gasteiger partial charge in [-0.05, 0) is 109 Å². The normalized spacial score (nSPS) is 21.5. The molecule has 2 aromatic carbocycles. The van der Waals surface area contributed by atoms with E-state index in [0.29, 0.717) is 40.2 Å². The third-order valence-corrected chi connectivity index (χ3v) is 10.0. The van der Waals surface area contributed by atoms with Crippen molar-refractivity contribution in [3.8, 4) is 5.75 Å². The molecular formula is C30H41N7O3S. The molecule has 0 amide bonds. The van der Waals surface area contributed by atoms with E-state index in [2.05, 4.69) is 41.1 Å². The van der Waals surface area contributed by atoms with Crippen LogP contribution in [0.3, 0.4) is 0 Å². The smallest absolute Gasteiger partial charge is 0.236 e. The molecule has 11 heteroatoms. The van der Waals surface area contributed by atoms with Crippen LogP contribution in [-0.2, 0) is 15.6 Å². The maximum atomic E-state index is 13.1. The number of hydrogen-bond acceptors (Lipinski definition) is 10. The van der Waals surface area contributed by atoms with Crippen LogP contribution in [0.2, 0.25) is 0 Å². The zero-order valence-corrected chi connectivity index (χ0v) is 25.5. The second-order valence-corrected chi connectivity index (χ2v) is 14.1. The van der Waals surface area contributed by atoms with Crippen LogP contribution in [0.15, 0.2) is 63.1 Å². The third kappa shape index (κ3) is 5.71. The van der Waals surface area contributed by atoms with E-state index in [-0.39, 0.29) is 11.0 Å². The first-order valence-corrected chi connectivity index (χ1v) is 15.7. The van der Waals surface area contributed by atoms with Gasteiger partial charge in [-0.25, -0.2) is 18.4 Å². The number of piperidine rings is 1. The maximum Gasteiger partial charge on any atom is 0.236 e. The van der Waals surface area contributed by atoms with Crippen molar-refractivity contribution in [1.29, 1.82) is 0 Å². The summed E-state index contributed by atoms with van der Waals surface area (Å²) in [6, 6.07) is 11.0. The van der Waals surface area contributed by atoms with E-state index in [1.165, 1.54) is 5.56 Å². The van der Waals surface area contributed by atoms with Gasteiger partial charge in [-0.2, -0.15) is 0 Å². The number of nitrogens with one attached hydrogen (secondary N) is 3. The average molecular weight is 580 g/mol. The second kappa shape index (κ2) is 11.1. The summed E-state index contributed by atoms with van der Waals surface area (Å²) >= 11 is 0. The number of amidine groups is 2. The molecule has 0 radical (unpaired) electrons. The minimum Gasteiger partial charge on any atom is -0.490 e. The number of rotatable bonds is 7. The quantitative estimate of drug-likeness (QED) is 0.390. The molecule has 1 atom stereocenters. The molecule has 41 heavy (non-hydrogen) atoms. The minimum absolute atomic E-state index is 0.0851. The lowest BCUT2D eigenvalue weighted by Crippen LogP contribution is -2.44. The van der Waals surface area contributed by atoms with Crippen molar-refractivity contribution in [3.63, 3.8) is 0 Å². The fourth-order valence-corrected chi connectivity index (χ4v) is 6.73. The van der Waals surface area contributed by atoms with Crippen molar-refractivity contribution >= 4 is 27.2 Å². The molecule has 220 valence electrons. The predicted octanol–water partition coefficient (Wildman–Crippen LogP) is 3.76. The van der Waals surface area contributed by atoms with Crippen molar-refractivity contribution in [1.82, 2.24) is 15.8 Å². The lowest BCUT2D eigenvalue weighted by atomic mass is 9.85. The molecular weight excluding hydrogens is 538 g/mol.